The summed E-state index contributed by atoms with van der Waals surface area (Å²) in [5, 5.41) is 3.24. The van der Waals surface area contributed by atoms with Crippen molar-refractivity contribution in [3.63, 3.8) is 0 Å². The van der Waals surface area contributed by atoms with Crippen molar-refractivity contribution in [2.24, 2.45) is 0 Å². The summed E-state index contributed by atoms with van der Waals surface area (Å²) in [4.78, 5) is 11.5. The average Bonchev–Trinajstić information content (AvgIpc) is 2.01. The van der Waals surface area contributed by atoms with E-state index in [2.05, 4.69) is 12.2 Å². The Kier molecular flexibility index (Phi) is 5.14. The van der Waals surface area contributed by atoms with E-state index in [1.807, 2.05) is 20.8 Å². The zero-order valence-corrected chi connectivity index (χ0v) is 8.74. The molecule has 72 valence electrons. The van der Waals surface area contributed by atoms with Crippen LogP contribution in [0.3, 0.4) is 0 Å². The quantitative estimate of drug-likeness (QED) is 0.663. The summed E-state index contributed by atoms with van der Waals surface area (Å²) in [6.45, 7) is 8.98. The lowest BCUT2D eigenvalue weighted by atomic mass is 9.95. The van der Waals surface area contributed by atoms with Crippen LogP contribution in [0, 0.1) is 0 Å². The molecule has 12 heavy (non-hydrogen) atoms. The predicted octanol–water partition coefficient (Wildman–Crippen LogP) is 2.13. The van der Waals surface area contributed by atoms with Crippen LogP contribution in [0.15, 0.2) is 0 Å². The SMILES string of the molecule is CCCNC(C)(C)C(=O)CCC. The van der Waals surface area contributed by atoms with Crippen molar-refractivity contribution in [1.82, 2.24) is 5.32 Å². The third kappa shape index (κ3) is 3.86. The zero-order valence-electron chi connectivity index (χ0n) is 8.74. The summed E-state index contributed by atoms with van der Waals surface area (Å²) >= 11 is 0. The van der Waals surface area contributed by atoms with Crippen molar-refractivity contribution in [3.05, 3.63) is 0 Å². The maximum absolute atomic E-state index is 11.5. The first-order valence-electron chi connectivity index (χ1n) is 4.83. The van der Waals surface area contributed by atoms with Crippen molar-refractivity contribution >= 4 is 5.78 Å². The minimum absolute atomic E-state index is 0.318. The average molecular weight is 171 g/mol. The molecule has 0 saturated heterocycles. The molecule has 0 rings (SSSR count). The van der Waals surface area contributed by atoms with Gasteiger partial charge in [-0.3, -0.25) is 4.79 Å². The van der Waals surface area contributed by atoms with Gasteiger partial charge in [-0.25, -0.2) is 0 Å². The Balaban J connectivity index is 3.90. The molecule has 0 amide bonds. The van der Waals surface area contributed by atoms with E-state index >= 15 is 0 Å². The van der Waals surface area contributed by atoms with Crippen LogP contribution in [-0.2, 0) is 4.79 Å². The molecular formula is C10H21NO. The largest absolute Gasteiger partial charge is 0.305 e. The first-order chi connectivity index (χ1) is 5.54. The molecule has 2 heteroatoms. The van der Waals surface area contributed by atoms with E-state index in [4.69, 9.17) is 0 Å². The maximum atomic E-state index is 11.5. The van der Waals surface area contributed by atoms with Gasteiger partial charge in [-0.2, -0.15) is 0 Å². The van der Waals surface area contributed by atoms with E-state index in [-0.39, 0.29) is 5.54 Å². The Hall–Kier alpha value is -0.370. The van der Waals surface area contributed by atoms with Crippen LogP contribution in [0.4, 0.5) is 0 Å². The number of Topliss-reactive ketones (excluding diaryl/α,β-unsaturated/α-hetero) is 1. The molecule has 0 unspecified atom stereocenters. The lowest BCUT2D eigenvalue weighted by Crippen LogP contribution is -2.46. The van der Waals surface area contributed by atoms with E-state index in [1.54, 1.807) is 0 Å². The van der Waals surface area contributed by atoms with E-state index < -0.39 is 0 Å². The highest BCUT2D eigenvalue weighted by atomic mass is 16.1. The van der Waals surface area contributed by atoms with Crippen LogP contribution in [-0.4, -0.2) is 17.9 Å². The van der Waals surface area contributed by atoms with Gasteiger partial charge in [0.05, 0.1) is 5.54 Å². The van der Waals surface area contributed by atoms with Gasteiger partial charge in [0.2, 0.25) is 0 Å². The van der Waals surface area contributed by atoms with Gasteiger partial charge in [0.1, 0.15) is 0 Å². The van der Waals surface area contributed by atoms with Gasteiger partial charge in [0, 0.05) is 6.42 Å². The van der Waals surface area contributed by atoms with Crippen molar-refractivity contribution in [2.45, 2.75) is 52.5 Å². The highest BCUT2D eigenvalue weighted by molar-refractivity contribution is 5.87. The van der Waals surface area contributed by atoms with Gasteiger partial charge in [-0.05, 0) is 33.2 Å². The fraction of sp³-hybridized carbons (Fsp3) is 0.900. The summed E-state index contributed by atoms with van der Waals surface area (Å²) in [5.74, 6) is 0.318. The Morgan fingerprint density at radius 1 is 1.25 bits per heavy atom. The summed E-state index contributed by atoms with van der Waals surface area (Å²) < 4.78 is 0. The molecule has 1 N–H and O–H groups in total. The normalized spacial score (nSPS) is 11.7. The predicted molar refractivity (Wildman–Crippen MR) is 52.3 cm³/mol. The zero-order chi connectivity index (χ0) is 9.61. The number of carbonyl (C=O) groups excluding carboxylic acids is 1. The Morgan fingerprint density at radius 3 is 2.25 bits per heavy atom. The van der Waals surface area contributed by atoms with Gasteiger partial charge in [0.15, 0.2) is 5.78 Å². The van der Waals surface area contributed by atoms with Crippen molar-refractivity contribution < 1.29 is 4.79 Å². The second kappa shape index (κ2) is 5.31. The van der Waals surface area contributed by atoms with Crippen LogP contribution in [0.2, 0.25) is 0 Å². The smallest absolute Gasteiger partial charge is 0.152 e. The minimum atomic E-state index is -0.327. The molecule has 0 saturated carbocycles. The van der Waals surface area contributed by atoms with Crippen LogP contribution in [0.25, 0.3) is 0 Å². The van der Waals surface area contributed by atoms with Gasteiger partial charge < -0.3 is 5.32 Å². The standard InChI is InChI=1S/C10H21NO/c1-5-7-9(12)10(3,4)11-8-6-2/h11H,5-8H2,1-4H3. The third-order valence-electron chi connectivity index (χ3n) is 1.99. The molecule has 0 aliphatic carbocycles. The van der Waals surface area contributed by atoms with Gasteiger partial charge in [-0.1, -0.05) is 13.8 Å². The molecule has 0 aliphatic heterocycles. The topological polar surface area (TPSA) is 29.1 Å². The van der Waals surface area contributed by atoms with Gasteiger partial charge in [0.25, 0.3) is 0 Å². The second-order valence-corrected chi connectivity index (χ2v) is 3.72. The fourth-order valence-electron chi connectivity index (χ4n) is 1.08. The minimum Gasteiger partial charge on any atom is -0.305 e. The molecule has 0 aromatic carbocycles. The van der Waals surface area contributed by atoms with Crippen LogP contribution in [0.1, 0.15) is 47.0 Å². The molecule has 0 aromatic rings. The van der Waals surface area contributed by atoms with Crippen LogP contribution < -0.4 is 5.32 Å². The first kappa shape index (κ1) is 11.6. The lowest BCUT2D eigenvalue weighted by Gasteiger charge is -2.24. The molecule has 0 spiro atoms. The van der Waals surface area contributed by atoms with E-state index in [0.717, 1.165) is 19.4 Å². The maximum Gasteiger partial charge on any atom is 0.152 e. The number of hydrogen-bond acceptors (Lipinski definition) is 2. The second-order valence-electron chi connectivity index (χ2n) is 3.72. The molecule has 0 bridgehead atoms. The fourth-order valence-corrected chi connectivity index (χ4v) is 1.08. The Labute approximate surface area is 75.7 Å². The molecule has 0 fully saturated rings. The summed E-state index contributed by atoms with van der Waals surface area (Å²) in [5.41, 5.74) is -0.327. The molecule has 2 nitrogen and oxygen atoms in total. The van der Waals surface area contributed by atoms with E-state index in [9.17, 15) is 4.79 Å². The van der Waals surface area contributed by atoms with Gasteiger partial charge in [-0.15, -0.1) is 0 Å². The first-order valence-corrected chi connectivity index (χ1v) is 4.83. The van der Waals surface area contributed by atoms with Crippen molar-refractivity contribution in [2.75, 3.05) is 6.54 Å². The number of ketones is 1. The summed E-state index contributed by atoms with van der Waals surface area (Å²) in [6.07, 6.45) is 2.70. The van der Waals surface area contributed by atoms with Crippen LogP contribution in [0.5, 0.6) is 0 Å². The molecule has 0 radical (unpaired) electrons. The summed E-state index contributed by atoms with van der Waals surface area (Å²) in [7, 11) is 0. The molecule has 0 aliphatic rings. The summed E-state index contributed by atoms with van der Waals surface area (Å²) in [6, 6.07) is 0. The highest BCUT2D eigenvalue weighted by Crippen LogP contribution is 2.08. The molecule has 0 atom stereocenters. The number of rotatable bonds is 6. The Bertz CT molecular complexity index is 141. The van der Waals surface area contributed by atoms with E-state index in [1.165, 1.54) is 0 Å². The number of carbonyl (C=O) groups is 1. The third-order valence-corrected chi connectivity index (χ3v) is 1.99. The molecule has 0 heterocycles. The number of hydrogen-bond donors (Lipinski definition) is 1. The van der Waals surface area contributed by atoms with Crippen molar-refractivity contribution in [1.29, 1.82) is 0 Å². The molecular weight excluding hydrogens is 150 g/mol. The van der Waals surface area contributed by atoms with E-state index in [0.29, 0.717) is 12.2 Å². The monoisotopic (exact) mass is 171 g/mol. The van der Waals surface area contributed by atoms with Crippen LogP contribution >= 0.6 is 0 Å². The van der Waals surface area contributed by atoms with Crippen molar-refractivity contribution in [3.8, 4) is 0 Å². The lowest BCUT2D eigenvalue weighted by molar-refractivity contribution is -0.124. The Morgan fingerprint density at radius 2 is 1.83 bits per heavy atom. The highest BCUT2D eigenvalue weighted by Gasteiger charge is 2.24. The number of nitrogens with one attached hydrogen (secondary N) is 1. The van der Waals surface area contributed by atoms with Gasteiger partial charge >= 0.3 is 0 Å². The molecule has 0 aromatic heterocycles.